The van der Waals surface area contributed by atoms with Gasteiger partial charge in [-0.3, -0.25) is 4.90 Å². The van der Waals surface area contributed by atoms with E-state index in [2.05, 4.69) is 24.1 Å². The first kappa shape index (κ1) is 15.3. The van der Waals surface area contributed by atoms with Crippen LogP contribution >= 0.6 is 0 Å². The normalized spacial score (nSPS) is 33.5. The predicted octanol–water partition coefficient (Wildman–Crippen LogP) is 2.80. The van der Waals surface area contributed by atoms with E-state index >= 15 is 0 Å². The van der Waals surface area contributed by atoms with Gasteiger partial charge in [-0.1, -0.05) is 19.8 Å². The Labute approximate surface area is 119 Å². The van der Waals surface area contributed by atoms with Crippen molar-refractivity contribution in [3.63, 3.8) is 0 Å². The average molecular weight is 268 g/mol. The maximum atomic E-state index is 6.20. The zero-order chi connectivity index (χ0) is 13.5. The van der Waals surface area contributed by atoms with Crippen molar-refractivity contribution in [1.82, 2.24) is 10.2 Å². The SMILES string of the molecule is CCCNCC1CCC(CN2CCCCCC2C)O1. The second kappa shape index (κ2) is 8.23. The highest BCUT2D eigenvalue weighted by Crippen LogP contribution is 2.23. The number of hydrogen-bond donors (Lipinski definition) is 1. The van der Waals surface area contributed by atoms with Crippen LogP contribution in [0.4, 0.5) is 0 Å². The van der Waals surface area contributed by atoms with Gasteiger partial charge in [-0.2, -0.15) is 0 Å². The van der Waals surface area contributed by atoms with E-state index in [0.717, 1.165) is 25.7 Å². The molecule has 2 aliphatic rings. The Morgan fingerprint density at radius 1 is 1.11 bits per heavy atom. The van der Waals surface area contributed by atoms with Crippen LogP contribution < -0.4 is 5.32 Å². The van der Waals surface area contributed by atoms with Crippen LogP contribution in [0.5, 0.6) is 0 Å². The molecule has 112 valence electrons. The lowest BCUT2D eigenvalue weighted by Gasteiger charge is -2.29. The molecule has 3 heteroatoms. The topological polar surface area (TPSA) is 24.5 Å². The van der Waals surface area contributed by atoms with Crippen LogP contribution in [0.15, 0.2) is 0 Å². The van der Waals surface area contributed by atoms with Crippen molar-refractivity contribution >= 4 is 0 Å². The summed E-state index contributed by atoms with van der Waals surface area (Å²) in [5, 5.41) is 3.48. The summed E-state index contributed by atoms with van der Waals surface area (Å²) in [6.07, 6.45) is 10.2. The summed E-state index contributed by atoms with van der Waals surface area (Å²) in [6.45, 7) is 9.20. The fourth-order valence-electron chi connectivity index (χ4n) is 3.37. The molecule has 0 aromatic heterocycles. The first-order valence-corrected chi connectivity index (χ1v) is 8.39. The molecular formula is C16H32N2O. The quantitative estimate of drug-likeness (QED) is 0.750. The Morgan fingerprint density at radius 3 is 2.79 bits per heavy atom. The van der Waals surface area contributed by atoms with Gasteiger partial charge in [0.1, 0.15) is 0 Å². The Hall–Kier alpha value is -0.120. The summed E-state index contributed by atoms with van der Waals surface area (Å²) in [4.78, 5) is 2.67. The van der Waals surface area contributed by atoms with Crippen molar-refractivity contribution in [1.29, 1.82) is 0 Å². The van der Waals surface area contributed by atoms with Gasteiger partial charge in [-0.05, 0) is 52.1 Å². The standard InChI is InChI=1S/C16H32N2O/c1-3-10-17-12-15-8-9-16(19-15)13-18-11-6-4-5-7-14(18)2/h14-17H,3-13H2,1-2H3. The Kier molecular flexibility index (Phi) is 6.62. The van der Waals surface area contributed by atoms with E-state index in [9.17, 15) is 0 Å². The molecule has 2 rings (SSSR count). The molecule has 19 heavy (non-hydrogen) atoms. The minimum atomic E-state index is 0.457. The van der Waals surface area contributed by atoms with Gasteiger partial charge < -0.3 is 10.1 Å². The van der Waals surface area contributed by atoms with Gasteiger partial charge in [0.15, 0.2) is 0 Å². The molecule has 0 aromatic carbocycles. The van der Waals surface area contributed by atoms with Crippen molar-refractivity contribution in [2.24, 2.45) is 0 Å². The van der Waals surface area contributed by atoms with Crippen molar-refractivity contribution in [2.45, 2.75) is 77.0 Å². The fourth-order valence-corrected chi connectivity index (χ4v) is 3.37. The van der Waals surface area contributed by atoms with Crippen molar-refractivity contribution < 1.29 is 4.74 Å². The zero-order valence-corrected chi connectivity index (χ0v) is 12.9. The predicted molar refractivity (Wildman–Crippen MR) is 80.6 cm³/mol. The summed E-state index contributed by atoms with van der Waals surface area (Å²) < 4.78 is 6.20. The number of hydrogen-bond acceptors (Lipinski definition) is 3. The molecule has 2 fully saturated rings. The van der Waals surface area contributed by atoms with Crippen molar-refractivity contribution in [3.8, 4) is 0 Å². The summed E-state index contributed by atoms with van der Waals surface area (Å²) in [5.41, 5.74) is 0. The third-order valence-corrected chi connectivity index (χ3v) is 4.62. The highest BCUT2D eigenvalue weighted by atomic mass is 16.5. The third kappa shape index (κ3) is 5.05. The summed E-state index contributed by atoms with van der Waals surface area (Å²) >= 11 is 0. The van der Waals surface area contributed by atoms with Crippen LogP contribution in [-0.2, 0) is 4.74 Å². The summed E-state index contributed by atoms with van der Waals surface area (Å²) in [5.74, 6) is 0. The maximum absolute atomic E-state index is 6.20. The second-order valence-electron chi connectivity index (χ2n) is 6.35. The van der Waals surface area contributed by atoms with Crippen LogP contribution in [-0.4, -0.2) is 49.3 Å². The van der Waals surface area contributed by atoms with Crippen LogP contribution in [0.25, 0.3) is 0 Å². The van der Waals surface area contributed by atoms with E-state index in [-0.39, 0.29) is 0 Å². The molecule has 0 spiro atoms. The van der Waals surface area contributed by atoms with Gasteiger partial charge in [0.2, 0.25) is 0 Å². The second-order valence-corrected chi connectivity index (χ2v) is 6.35. The van der Waals surface area contributed by atoms with E-state index in [0.29, 0.717) is 12.2 Å². The van der Waals surface area contributed by atoms with E-state index in [1.165, 1.54) is 51.5 Å². The highest BCUT2D eigenvalue weighted by Gasteiger charge is 2.28. The molecule has 0 amide bonds. The summed E-state index contributed by atoms with van der Waals surface area (Å²) in [6, 6.07) is 0.753. The number of likely N-dealkylation sites (tertiary alicyclic amines) is 1. The van der Waals surface area contributed by atoms with Crippen LogP contribution in [0, 0.1) is 0 Å². The van der Waals surface area contributed by atoms with Crippen LogP contribution in [0.1, 0.15) is 58.8 Å². The molecule has 0 saturated carbocycles. The molecule has 0 bridgehead atoms. The minimum absolute atomic E-state index is 0.457. The van der Waals surface area contributed by atoms with Gasteiger partial charge in [0.25, 0.3) is 0 Å². The van der Waals surface area contributed by atoms with E-state index in [4.69, 9.17) is 4.74 Å². The zero-order valence-electron chi connectivity index (χ0n) is 12.9. The highest BCUT2D eigenvalue weighted by molar-refractivity contribution is 4.81. The van der Waals surface area contributed by atoms with E-state index in [1.807, 2.05) is 0 Å². The fraction of sp³-hybridized carbons (Fsp3) is 1.00. The Balaban J connectivity index is 1.68. The van der Waals surface area contributed by atoms with Gasteiger partial charge in [0, 0.05) is 19.1 Å². The van der Waals surface area contributed by atoms with E-state index < -0.39 is 0 Å². The molecule has 0 aromatic rings. The molecule has 3 atom stereocenters. The van der Waals surface area contributed by atoms with Gasteiger partial charge in [0.05, 0.1) is 12.2 Å². The molecule has 0 radical (unpaired) electrons. The number of nitrogens with one attached hydrogen (secondary N) is 1. The largest absolute Gasteiger partial charge is 0.372 e. The summed E-state index contributed by atoms with van der Waals surface area (Å²) in [7, 11) is 0. The van der Waals surface area contributed by atoms with Gasteiger partial charge in [-0.25, -0.2) is 0 Å². The Bertz CT molecular complexity index is 247. The lowest BCUT2D eigenvalue weighted by Crippen LogP contribution is -2.39. The monoisotopic (exact) mass is 268 g/mol. The van der Waals surface area contributed by atoms with Gasteiger partial charge in [-0.15, -0.1) is 0 Å². The molecule has 2 aliphatic heterocycles. The molecular weight excluding hydrogens is 236 g/mol. The number of nitrogens with zero attached hydrogens (tertiary/aromatic N) is 1. The lowest BCUT2D eigenvalue weighted by atomic mass is 10.1. The van der Waals surface area contributed by atoms with Crippen LogP contribution in [0.2, 0.25) is 0 Å². The third-order valence-electron chi connectivity index (χ3n) is 4.62. The molecule has 0 aliphatic carbocycles. The Morgan fingerprint density at radius 2 is 1.95 bits per heavy atom. The minimum Gasteiger partial charge on any atom is -0.372 e. The first-order valence-electron chi connectivity index (χ1n) is 8.39. The molecule has 3 nitrogen and oxygen atoms in total. The first-order chi connectivity index (χ1) is 9.29. The lowest BCUT2D eigenvalue weighted by molar-refractivity contribution is 0.0165. The molecule has 1 N–H and O–H groups in total. The molecule has 3 unspecified atom stereocenters. The van der Waals surface area contributed by atoms with E-state index in [1.54, 1.807) is 0 Å². The van der Waals surface area contributed by atoms with Crippen molar-refractivity contribution in [3.05, 3.63) is 0 Å². The smallest absolute Gasteiger partial charge is 0.0707 e. The number of ether oxygens (including phenoxy) is 1. The maximum Gasteiger partial charge on any atom is 0.0707 e. The average Bonchev–Trinajstić information content (AvgIpc) is 2.75. The number of rotatable bonds is 6. The van der Waals surface area contributed by atoms with Crippen LogP contribution in [0.3, 0.4) is 0 Å². The van der Waals surface area contributed by atoms with Gasteiger partial charge >= 0.3 is 0 Å². The molecule has 2 heterocycles. The van der Waals surface area contributed by atoms with Crippen molar-refractivity contribution in [2.75, 3.05) is 26.2 Å². The molecule has 2 saturated heterocycles.